The van der Waals surface area contributed by atoms with Gasteiger partial charge in [-0.25, -0.2) is 0 Å². The Bertz CT molecular complexity index is 621. The van der Waals surface area contributed by atoms with E-state index in [2.05, 4.69) is 13.8 Å². The van der Waals surface area contributed by atoms with Gasteiger partial charge in [0, 0.05) is 13.1 Å². The molecule has 0 aromatic carbocycles. The van der Waals surface area contributed by atoms with Gasteiger partial charge in [-0.15, -0.1) is 0 Å². The maximum Gasteiger partial charge on any atom is 0.320 e. The van der Waals surface area contributed by atoms with Gasteiger partial charge in [-0.05, 0) is 12.8 Å². The largest absolute Gasteiger partial charge is 0.480 e. The van der Waals surface area contributed by atoms with Crippen molar-refractivity contribution in [3.63, 3.8) is 0 Å². The van der Waals surface area contributed by atoms with Gasteiger partial charge in [0.2, 0.25) is 0 Å². The number of carboxylic acid groups (broad SMARTS) is 4. The molecule has 0 aliphatic carbocycles. The third-order valence-electron chi connectivity index (χ3n) is 6.93. The first kappa shape index (κ1) is 35.8. The minimum absolute atomic E-state index is 0.0402. The number of unbranched alkanes of at least 4 members (excludes halogenated alkanes) is 12. The van der Waals surface area contributed by atoms with Gasteiger partial charge in [-0.3, -0.25) is 29.0 Å². The molecule has 0 spiro atoms. The maximum atomic E-state index is 12.3. The molecule has 0 saturated carbocycles. The van der Waals surface area contributed by atoms with Gasteiger partial charge in [0.15, 0.2) is 0 Å². The van der Waals surface area contributed by atoms with E-state index in [1.807, 2.05) is 0 Å². The summed E-state index contributed by atoms with van der Waals surface area (Å²) in [4.78, 5) is 49.7. The zero-order chi connectivity index (χ0) is 28.8. The molecule has 0 bridgehead atoms. The zero-order valence-corrected chi connectivity index (χ0v) is 23.6. The molecule has 0 heterocycles. The average Bonchev–Trinajstić information content (AvgIpc) is 2.83. The highest BCUT2D eigenvalue weighted by Crippen LogP contribution is 2.20. The zero-order valence-electron chi connectivity index (χ0n) is 23.6. The van der Waals surface area contributed by atoms with Crippen molar-refractivity contribution in [1.82, 2.24) is 9.80 Å². The van der Waals surface area contributed by atoms with Gasteiger partial charge in [0.1, 0.15) is 12.1 Å². The Balaban J connectivity index is 5.46. The van der Waals surface area contributed by atoms with Crippen molar-refractivity contribution in [3.8, 4) is 0 Å². The van der Waals surface area contributed by atoms with E-state index in [0.29, 0.717) is 25.7 Å². The highest BCUT2D eigenvalue weighted by molar-refractivity contribution is 5.77. The van der Waals surface area contributed by atoms with Crippen LogP contribution in [-0.4, -0.2) is 92.4 Å². The van der Waals surface area contributed by atoms with Crippen molar-refractivity contribution in [2.75, 3.05) is 26.2 Å². The minimum Gasteiger partial charge on any atom is -0.480 e. The van der Waals surface area contributed by atoms with E-state index in [1.54, 1.807) is 0 Å². The molecule has 0 rings (SSSR count). The van der Waals surface area contributed by atoms with Gasteiger partial charge in [0.05, 0.1) is 13.1 Å². The van der Waals surface area contributed by atoms with Crippen molar-refractivity contribution >= 4 is 23.9 Å². The van der Waals surface area contributed by atoms with E-state index in [-0.39, 0.29) is 13.1 Å². The molecule has 2 unspecified atom stereocenters. The number of carboxylic acids is 4. The molecule has 0 saturated heterocycles. The molecule has 0 fully saturated rings. The normalized spacial score (nSPS) is 13.1. The molecule has 10 nitrogen and oxygen atoms in total. The third kappa shape index (κ3) is 18.1. The molecule has 38 heavy (non-hydrogen) atoms. The first-order valence-corrected chi connectivity index (χ1v) is 14.5. The van der Waals surface area contributed by atoms with Crippen LogP contribution in [0.25, 0.3) is 0 Å². The first-order valence-electron chi connectivity index (χ1n) is 14.5. The standard InChI is InChI=1S/C28H52N2O8/c1-3-5-7-9-11-13-15-17-23(27(35)36)30(20-19-29(21-25(31)32)22-26(33)34)24(28(37)38)18-16-14-12-10-8-6-4-2/h23-24H,3-22H2,1-2H3,(H,31,32)(H,33,34)(H,35,36)(H,37,38). The van der Waals surface area contributed by atoms with Crippen LogP contribution in [0.1, 0.15) is 117 Å². The number of aliphatic carboxylic acids is 4. The van der Waals surface area contributed by atoms with Crippen LogP contribution in [0.2, 0.25) is 0 Å². The van der Waals surface area contributed by atoms with Crippen LogP contribution in [0.5, 0.6) is 0 Å². The Kier molecular flexibility index (Phi) is 21.4. The van der Waals surface area contributed by atoms with Crippen molar-refractivity contribution in [2.24, 2.45) is 0 Å². The van der Waals surface area contributed by atoms with Crippen LogP contribution in [-0.2, 0) is 19.2 Å². The van der Waals surface area contributed by atoms with Crippen LogP contribution in [0.15, 0.2) is 0 Å². The molecule has 0 aliphatic heterocycles. The van der Waals surface area contributed by atoms with Gasteiger partial charge in [-0.2, -0.15) is 0 Å². The van der Waals surface area contributed by atoms with Crippen LogP contribution in [0, 0.1) is 0 Å². The summed E-state index contributed by atoms with van der Waals surface area (Å²) in [7, 11) is 0. The van der Waals surface area contributed by atoms with Gasteiger partial charge in [-0.1, -0.05) is 104 Å². The summed E-state index contributed by atoms with van der Waals surface area (Å²) < 4.78 is 0. The monoisotopic (exact) mass is 544 g/mol. The van der Waals surface area contributed by atoms with E-state index < -0.39 is 49.1 Å². The Hall–Kier alpha value is -2.20. The highest BCUT2D eigenvalue weighted by atomic mass is 16.4. The molecule has 222 valence electrons. The highest BCUT2D eigenvalue weighted by Gasteiger charge is 2.35. The van der Waals surface area contributed by atoms with E-state index in [1.165, 1.54) is 22.6 Å². The average molecular weight is 545 g/mol. The molecule has 4 N–H and O–H groups in total. The molecule has 0 aromatic heterocycles. The quantitative estimate of drug-likeness (QED) is 0.104. The molecular formula is C28H52N2O8. The number of nitrogens with zero attached hydrogens (tertiary/aromatic N) is 2. The summed E-state index contributed by atoms with van der Waals surface area (Å²) in [6.07, 6.45) is 14.7. The lowest BCUT2D eigenvalue weighted by atomic mass is 9.99. The fraction of sp³-hybridized carbons (Fsp3) is 0.857. The minimum atomic E-state index is -1.20. The fourth-order valence-electron chi connectivity index (χ4n) is 4.83. The topological polar surface area (TPSA) is 156 Å². The summed E-state index contributed by atoms with van der Waals surface area (Å²) in [6, 6.07) is -2.07. The van der Waals surface area contributed by atoms with Crippen molar-refractivity contribution in [2.45, 2.75) is 129 Å². The molecule has 10 heteroatoms. The van der Waals surface area contributed by atoms with Crippen LogP contribution in [0.3, 0.4) is 0 Å². The van der Waals surface area contributed by atoms with Gasteiger partial charge >= 0.3 is 23.9 Å². The lowest BCUT2D eigenvalue weighted by Crippen LogP contribution is -2.53. The molecule has 0 amide bonds. The van der Waals surface area contributed by atoms with Gasteiger partial charge in [0.25, 0.3) is 0 Å². The molecule has 0 aliphatic rings. The predicted molar refractivity (Wildman–Crippen MR) is 146 cm³/mol. The van der Waals surface area contributed by atoms with Crippen LogP contribution >= 0.6 is 0 Å². The van der Waals surface area contributed by atoms with Crippen LogP contribution in [0.4, 0.5) is 0 Å². The van der Waals surface area contributed by atoms with Gasteiger partial charge < -0.3 is 20.4 Å². The second-order valence-corrected chi connectivity index (χ2v) is 10.3. The fourth-order valence-corrected chi connectivity index (χ4v) is 4.83. The summed E-state index contributed by atoms with van der Waals surface area (Å²) in [5.74, 6) is -4.61. The number of hydrogen-bond donors (Lipinski definition) is 4. The summed E-state index contributed by atoms with van der Waals surface area (Å²) in [5, 5.41) is 38.4. The van der Waals surface area contributed by atoms with Crippen molar-refractivity contribution in [1.29, 1.82) is 0 Å². The Labute approximate surface area is 228 Å². The lowest BCUT2D eigenvalue weighted by molar-refractivity contribution is -0.153. The molecule has 0 radical (unpaired) electrons. The second kappa shape index (κ2) is 22.8. The van der Waals surface area contributed by atoms with Crippen molar-refractivity contribution in [3.05, 3.63) is 0 Å². The van der Waals surface area contributed by atoms with E-state index >= 15 is 0 Å². The Morgan fingerprint density at radius 2 is 0.868 bits per heavy atom. The van der Waals surface area contributed by atoms with E-state index in [9.17, 15) is 29.4 Å². The second-order valence-electron chi connectivity index (χ2n) is 10.3. The first-order chi connectivity index (χ1) is 18.1. The van der Waals surface area contributed by atoms with E-state index in [0.717, 1.165) is 64.2 Å². The number of hydrogen-bond acceptors (Lipinski definition) is 6. The molecular weight excluding hydrogens is 492 g/mol. The molecule has 2 atom stereocenters. The smallest absolute Gasteiger partial charge is 0.320 e. The Morgan fingerprint density at radius 3 is 1.18 bits per heavy atom. The third-order valence-corrected chi connectivity index (χ3v) is 6.93. The maximum absolute atomic E-state index is 12.3. The van der Waals surface area contributed by atoms with Crippen LogP contribution < -0.4 is 0 Å². The molecule has 0 aromatic rings. The number of carbonyl (C=O) groups is 4. The Morgan fingerprint density at radius 1 is 0.526 bits per heavy atom. The summed E-state index contributed by atoms with van der Waals surface area (Å²) in [5.41, 5.74) is 0. The van der Waals surface area contributed by atoms with E-state index in [4.69, 9.17) is 10.2 Å². The SMILES string of the molecule is CCCCCCCCCC(C(=O)O)N(CCN(CC(=O)O)CC(=O)O)C(CCCCCCCCC)C(=O)O. The van der Waals surface area contributed by atoms with Crippen molar-refractivity contribution < 1.29 is 39.6 Å². The summed E-state index contributed by atoms with van der Waals surface area (Å²) in [6.45, 7) is 3.15. The summed E-state index contributed by atoms with van der Waals surface area (Å²) >= 11 is 0. The number of rotatable bonds is 27. The predicted octanol–water partition coefficient (Wildman–Crippen LogP) is 4.95. The lowest BCUT2D eigenvalue weighted by Gasteiger charge is -2.35.